The van der Waals surface area contributed by atoms with Crippen molar-refractivity contribution in [1.82, 2.24) is 9.97 Å². The van der Waals surface area contributed by atoms with Gasteiger partial charge >= 0.3 is 19.1 Å². The molecule has 0 unspecified atom stereocenters. The number of aliphatic carboxylic acids is 2. The molecule has 0 spiro atoms. The number of likely N-dealkylation sites (N-methyl/N-ethyl adjacent to an activating group) is 1. The molecule has 10 heteroatoms. The van der Waals surface area contributed by atoms with E-state index in [9.17, 15) is 19.8 Å². The third kappa shape index (κ3) is 3.84. The zero-order valence-electron chi connectivity index (χ0n) is 17.2. The van der Waals surface area contributed by atoms with Gasteiger partial charge in [-0.15, -0.1) is 0 Å². The fourth-order valence-corrected chi connectivity index (χ4v) is 3.21. The predicted octanol–water partition coefficient (Wildman–Crippen LogP) is 1.31. The van der Waals surface area contributed by atoms with Crippen LogP contribution in [0.1, 0.15) is 54.4 Å². The highest BCUT2D eigenvalue weighted by molar-refractivity contribution is 6.61. The van der Waals surface area contributed by atoms with E-state index in [1.54, 1.807) is 13.8 Å². The summed E-state index contributed by atoms with van der Waals surface area (Å²) in [5, 5.41) is 19.0. The molecule has 1 aliphatic heterocycles. The molecule has 1 saturated heterocycles. The van der Waals surface area contributed by atoms with E-state index in [0.29, 0.717) is 5.46 Å². The number of hydrogen-bond donors (Lipinski definition) is 2. The first kappa shape index (κ1) is 22.1. The molecule has 1 aromatic rings. The van der Waals surface area contributed by atoms with Gasteiger partial charge in [0.15, 0.2) is 5.54 Å². The maximum Gasteiger partial charge on any atom is 0.498 e. The molecule has 154 valence electrons. The number of carbonyl (C=O) groups is 2. The number of carboxylic acids is 2. The Bertz CT molecular complexity index is 723. The zero-order chi connectivity index (χ0) is 21.3. The Kier molecular flexibility index (Phi) is 6.05. The van der Waals surface area contributed by atoms with Gasteiger partial charge in [-0.1, -0.05) is 6.92 Å². The van der Waals surface area contributed by atoms with Crippen LogP contribution in [0, 0.1) is 0 Å². The van der Waals surface area contributed by atoms with Crippen molar-refractivity contribution in [2.24, 2.45) is 0 Å². The summed E-state index contributed by atoms with van der Waals surface area (Å²) in [5.74, 6) is -2.28. The lowest BCUT2D eigenvalue weighted by atomic mass is 9.81. The van der Waals surface area contributed by atoms with E-state index in [1.807, 2.05) is 27.7 Å². The highest BCUT2D eigenvalue weighted by Crippen LogP contribution is 2.36. The van der Waals surface area contributed by atoms with E-state index in [1.165, 1.54) is 17.3 Å². The van der Waals surface area contributed by atoms with Gasteiger partial charge in [-0.25, -0.2) is 14.8 Å². The van der Waals surface area contributed by atoms with Crippen LogP contribution in [0.4, 0.5) is 5.95 Å². The van der Waals surface area contributed by atoms with Crippen LogP contribution in [0.25, 0.3) is 0 Å². The second-order valence-corrected chi connectivity index (χ2v) is 7.91. The maximum atomic E-state index is 12.0. The third-order valence-corrected chi connectivity index (χ3v) is 5.68. The fraction of sp³-hybridized carbons (Fsp3) is 0.667. The van der Waals surface area contributed by atoms with E-state index < -0.39 is 42.2 Å². The minimum Gasteiger partial charge on any atom is -0.481 e. The van der Waals surface area contributed by atoms with Gasteiger partial charge in [0.05, 0.1) is 17.6 Å². The second-order valence-electron chi connectivity index (χ2n) is 7.91. The summed E-state index contributed by atoms with van der Waals surface area (Å²) in [6.45, 7) is 11.4. The summed E-state index contributed by atoms with van der Waals surface area (Å²) < 4.78 is 11.9. The fourth-order valence-electron chi connectivity index (χ4n) is 3.21. The first-order valence-corrected chi connectivity index (χ1v) is 9.30. The second kappa shape index (κ2) is 7.67. The zero-order valence-corrected chi connectivity index (χ0v) is 17.2. The summed E-state index contributed by atoms with van der Waals surface area (Å²) in [5.41, 5.74) is -2.04. The predicted molar refractivity (Wildman–Crippen MR) is 104 cm³/mol. The van der Waals surface area contributed by atoms with E-state index >= 15 is 0 Å². The average molecular weight is 393 g/mol. The quantitative estimate of drug-likeness (QED) is 0.630. The highest BCUT2D eigenvalue weighted by atomic mass is 16.7. The lowest BCUT2D eigenvalue weighted by Crippen LogP contribution is -2.56. The van der Waals surface area contributed by atoms with Crippen molar-refractivity contribution in [1.29, 1.82) is 0 Å². The number of anilines is 1. The largest absolute Gasteiger partial charge is 0.498 e. The van der Waals surface area contributed by atoms with Gasteiger partial charge in [-0.3, -0.25) is 4.79 Å². The van der Waals surface area contributed by atoms with E-state index in [-0.39, 0.29) is 18.9 Å². The monoisotopic (exact) mass is 393 g/mol. The van der Waals surface area contributed by atoms with Crippen LogP contribution in [0.5, 0.6) is 0 Å². The SMILES string of the molecule is CCN(c1ncc(B2OC(C)(C)C(C)(C)O2)cn1)[C@@](CC)(CC(=O)O)C(=O)O. The topological polar surface area (TPSA) is 122 Å². The van der Waals surface area contributed by atoms with Gasteiger partial charge in [0.2, 0.25) is 5.95 Å². The van der Waals surface area contributed by atoms with E-state index in [0.717, 1.165) is 0 Å². The first-order valence-electron chi connectivity index (χ1n) is 9.30. The van der Waals surface area contributed by atoms with Crippen LogP contribution in [0.3, 0.4) is 0 Å². The van der Waals surface area contributed by atoms with Gasteiger partial charge < -0.3 is 24.4 Å². The summed E-state index contributed by atoms with van der Waals surface area (Å²) in [6.07, 6.45) is 2.58. The molecule has 1 aliphatic rings. The number of rotatable bonds is 8. The van der Waals surface area contributed by atoms with Crippen LogP contribution in [0.15, 0.2) is 12.4 Å². The standard InChI is InChI=1S/C18H28BN3O6/c1-7-18(14(25)26,9-13(23)24)22(8-2)15-20-10-12(11-21-15)19-27-16(3,4)17(5,6)28-19/h10-11H,7-9H2,1-6H3,(H,23,24)(H,25,26)/t18-/m0/s1. The summed E-state index contributed by atoms with van der Waals surface area (Å²) >= 11 is 0. The van der Waals surface area contributed by atoms with Crippen molar-refractivity contribution >= 4 is 30.5 Å². The number of nitrogens with zero attached hydrogens (tertiary/aromatic N) is 3. The van der Waals surface area contributed by atoms with Crippen molar-refractivity contribution in [2.45, 2.75) is 71.1 Å². The molecule has 1 fully saturated rings. The normalized spacial score (nSPS) is 19.9. The minimum absolute atomic E-state index is 0.0881. The molecule has 0 aliphatic carbocycles. The Balaban J connectivity index is 2.34. The third-order valence-electron chi connectivity index (χ3n) is 5.68. The van der Waals surface area contributed by atoms with Crippen molar-refractivity contribution in [3.8, 4) is 0 Å². The smallest absolute Gasteiger partial charge is 0.481 e. The molecule has 28 heavy (non-hydrogen) atoms. The number of carboxylic acid groups (broad SMARTS) is 2. The molecule has 2 heterocycles. The maximum absolute atomic E-state index is 12.0. The Hall–Kier alpha value is -2.20. The molecule has 1 aromatic heterocycles. The minimum atomic E-state index is -1.63. The molecule has 0 aromatic carbocycles. The van der Waals surface area contributed by atoms with Gasteiger partial charge in [0.1, 0.15) is 0 Å². The Morgan fingerprint density at radius 1 is 1.11 bits per heavy atom. The van der Waals surface area contributed by atoms with Crippen molar-refractivity contribution in [3.63, 3.8) is 0 Å². The van der Waals surface area contributed by atoms with E-state index in [2.05, 4.69) is 9.97 Å². The van der Waals surface area contributed by atoms with Gasteiger partial charge in [-0.05, 0) is 41.0 Å². The highest BCUT2D eigenvalue weighted by Gasteiger charge is 2.52. The van der Waals surface area contributed by atoms with Gasteiger partial charge in [0.25, 0.3) is 0 Å². The van der Waals surface area contributed by atoms with Crippen molar-refractivity contribution in [3.05, 3.63) is 12.4 Å². The van der Waals surface area contributed by atoms with E-state index in [4.69, 9.17) is 9.31 Å². The molecule has 0 saturated carbocycles. The molecule has 0 amide bonds. The summed E-state index contributed by atoms with van der Waals surface area (Å²) in [4.78, 5) is 33.3. The molecular formula is C18H28BN3O6. The van der Waals surface area contributed by atoms with Crippen LogP contribution in [-0.4, -0.2) is 62.5 Å². The molecule has 0 radical (unpaired) electrons. The average Bonchev–Trinajstić information content (AvgIpc) is 2.82. The molecule has 1 atom stereocenters. The van der Waals surface area contributed by atoms with Crippen LogP contribution < -0.4 is 10.4 Å². The lowest BCUT2D eigenvalue weighted by Gasteiger charge is -2.38. The molecular weight excluding hydrogens is 365 g/mol. The summed E-state index contributed by atoms with van der Waals surface area (Å²) in [7, 11) is -0.636. The van der Waals surface area contributed by atoms with Crippen LogP contribution in [-0.2, 0) is 18.9 Å². The first-order chi connectivity index (χ1) is 12.9. The molecule has 9 nitrogen and oxygen atoms in total. The number of hydrogen-bond acceptors (Lipinski definition) is 7. The van der Waals surface area contributed by atoms with Crippen molar-refractivity contribution in [2.75, 3.05) is 11.4 Å². The number of aromatic nitrogens is 2. The van der Waals surface area contributed by atoms with Crippen molar-refractivity contribution < 1.29 is 29.1 Å². The molecule has 2 N–H and O–H groups in total. The van der Waals surface area contributed by atoms with Gasteiger partial charge in [-0.2, -0.15) is 0 Å². The Morgan fingerprint density at radius 3 is 1.96 bits per heavy atom. The lowest BCUT2D eigenvalue weighted by molar-refractivity contribution is -0.150. The van der Waals surface area contributed by atoms with Crippen LogP contribution in [0.2, 0.25) is 0 Å². The Labute approximate surface area is 165 Å². The molecule has 2 rings (SSSR count). The van der Waals surface area contributed by atoms with Gasteiger partial charge in [0, 0.05) is 24.4 Å². The van der Waals surface area contributed by atoms with Crippen LogP contribution >= 0.6 is 0 Å². The summed E-state index contributed by atoms with van der Waals surface area (Å²) in [6, 6.07) is 0. The Morgan fingerprint density at radius 2 is 1.61 bits per heavy atom. The molecule has 0 bridgehead atoms.